The largest absolute Gasteiger partial charge is 0.492 e. The second-order valence-corrected chi connectivity index (χ2v) is 11.3. The maximum Gasteiger partial charge on any atom is 0.257 e. The molecule has 1 spiro atoms. The van der Waals surface area contributed by atoms with Crippen molar-refractivity contribution in [3.8, 4) is 5.75 Å². The van der Waals surface area contributed by atoms with Gasteiger partial charge in [0.1, 0.15) is 11.6 Å². The highest BCUT2D eigenvalue weighted by Gasteiger charge is 2.37. The maximum atomic E-state index is 14.1. The average Bonchev–Trinajstić information content (AvgIpc) is 3.05. The molecule has 0 atom stereocenters. The highest BCUT2D eigenvalue weighted by atomic mass is 16.5. The second-order valence-electron chi connectivity index (χ2n) is 11.3. The lowest BCUT2D eigenvalue weighted by Crippen LogP contribution is -2.46. The Morgan fingerprint density at radius 2 is 1.74 bits per heavy atom. The van der Waals surface area contributed by atoms with Crippen molar-refractivity contribution in [2.24, 2.45) is 5.41 Å². The summed E-state index contributed by atoms with van der Waals surface area (Å²) in [6.45, 7) is 4.79. The van der Waals surface area contributed by atoms with E-state index in [1.165, 1.54) is 0 Å². The molecule has 0 N–H and O–H groups in total. The van der Waals surface area contributed by atoms with Gasteiger partial charge in [-0.25, -0.2) is 4.98 Å². The number of piperidine rings is 1. The Labute approximate surface area is 248 Å². The minimum Gasteiger partial charge on any atom is -0.492 e. The summed E-state index contributed by atoms with van der Waals surface area (Å²) in [6, 6.07) is 17.7. The third-order valence-electron chi connectivity index (χ3n) is 8.50. The van der Waals surface area contributed by atoms with Crippen LogP contribution in [0.3, 0.4) is 0 Å². The number of anilines is 1. The molecule has 9 nitrogen and oxygen atoms in total. The Hall–Kier alpha value is -3.98. The zero-order valence-corrected chi connectivity index (χ0v) is 24.5. The van der Waals surface area contributed by atoms with Gasteiger partial charge in [-0.2, -0.15) is 0 Å². The van der Waals surface area contributed by atoms with Crippen molar-refractivity contribution in [1.29, 1.82) is 0 Å². The molecule has 0 radical (unpaired) electrons. The number of hydrogen-bond donors (Lipinski definition) is 0. The number of rotatable bonds is 6. The molecule has 5 rings (SSSR count). The van der Waals surface area contributed by atoms with E-state index >= 15 is 0 Å². The van der Waals surface area contributed by atoms with E-state index in [1.54, 1.807) is 25.7 Å². The van der Waals surface area contributed by atoms with Gasteiger partial charge in [0, 0.05) is 64.2 Å². The summed E-state index contributed by atoms with van der Waals surface area (Å²) < 4.78 is 11.6. The highest BCUT2D eigenvalue weighted by Crippen LogP contribution is 2.38. The molecule has 0 unspecified atom stereocenters. The van der Waals surface area contributed by atoms with Gasteiger partial charge >= 0.3 is 0 Å². The normalized spacial score (nSPS) is 17.9. The van der Waals surface area contributed by atoms with Gasteiger partial charge in [0.2, 0.25) is 5.91 Å². The van der Waals surface area contributed by atoms with E-state index < -0.39 is 0 Å². The van der Waals surface area contributed by atoms with Crippen LogP contribution in [0.1, 0.15) is 48.0 Å². The molecule has 222 valence electrons. The summed E-state index contributed by atoms with van der Waals surface area (Å²) in [7, 11) is 1.62. The van der Waals surface area contributed by atoms with Gasteiger partial charge < -0.3 is 24.2 Å². The Kier molecular flexibility index (Phi) is 10.0. The number of fused-ring (bicyclic) bond motifs is 1. The summed E-state index contributed by atoms with van der Waals surface area (Å²) in [5, 5.41) is 0. The molecule has 1 fully saturated rings. The van der Waals surface area contributed by atoms with Crippen LogP contribution in [0.4, 0.5) is 5.82 Å². The quantitative estimate of drug-likeness (QED) is 0.432. The smallest absolute Gasteiger partial charge is 0.257 e. The van der Waals surface area contributed by atoms with Gasteiger partial charge in [-0.05, 0) is 43.4 Å². The van der Waals surface area contributed by atoms with E-state index in [0.717, 1.165) is 43.6 Å². The predicted molar refractivity (Wildman–Crippen MR) is 161 cm³/mol. The minimum absolute atomic E-state index is 0.0552. The van der Waals surface area contributed by atoms with E-state index in [4.69, 9.17) is 9.47 Å². The Bertz CT molecular complexity index is 1300. The van der Waals surface area contributed by atoms with Gasteiger partial charge in [-0.15, -0.1) is 0 Å². The molecule has 0 aliphatic carbocycles. The first kappa shape index (κ1) is 29.5. The summed E-state index contributed by atoms with van der Waals surface area (Å²) in [5.41, 5.74) is 1.55. The molecule has 0 bridgehead atoms. The zero-order chi connectivity index (χ0) is 29.2. The monoisotopic (exact) mass is 571 g/mol. The van der Waals surface area contributed by atoms with Crippen LogP contribution in [-0.2, 0) is 16.1 Å². The van der Waals surface area contributed by atoms with Gasteiger partial charge in [0.05, 0.1) is 31.4 Å². The molecular formula is C33H41N5O4. The number of benzene rings is 2. The standard InChI is InChI=1S/C33H41N5O4/c1-41-23-12-31(39)37-19-14-33(15-20-37)13-7-18-36(30-24-34-16-17-35-30)21-22-38(25-27-8-3-2-4-9-27)32(40)28-10-5-6-11-29(28)42-26-33/h2-6,8-11,16-17,24H,7,12-15,18-23,25-26H2,1H3. The van der Waals surface area contributed by atoms with Crippen LogP contribution in [0.5, 0.6) is 5.75 Å². The van der Waals surface area contributed by atoms with Crippen LogP contribution in [0.2, 0.25) is 0 Å². The number of aromatic nitrogens is 2. The number of nitrogens with zero attached hydrogens (tertiary/aromatic N) is 5. The molecule has 1 saturated heterocycles. The first-order valence-corrected chi connectivity index (χ1v) is 14.9. The average molecular weight is 572 g/mol. The second kappa shape index (κ2) is 14.3. The van der Waals surface area contributed by atoms with Gasteiger partial charge in [0.25, 0.3) is 5.91 Å². The summed E-state index contributed by atoms with van der Waals surface area (Å²) in [4.78, 5) is 41.8. The highest BCUT2D eigenvalue weighted by molar-refractivity contribution is 5.97. The number of para-hydroxylation sites is 1. The molecular weight excluding hydrogens is 530 g/mol. The summed E-state index contributed by atoms with van der Waals surface area (Å²) in [5.74, 6) is 1.51. The predicted octanol–water partition coefficient (Wildman–Crippen LogP) is 4.44. The first-order chi connectivity index (χ1) is 20.6. The lowest BCUT2D eigenvalue weighted by atomic mass is 9.75. The van der Waals surface area contributed by atoms with Crippen LogP contribution in [0, 0.1) is 5.41 Å². The van der Waals surface area contributed by atoms with E-state index in [2.05, 4.69) is 14.9 Å². The van der Waals surface area contributed by atoms with Crippen LogP contribution in [0.25, 0.3) is 0 Å². The van der Waals surface area contributed by atoms with Crippen molar-refractivity contribution >= 4 is 17.6 Å². The Balaban J connectivity index is 1.42. The van der Waals surface area contributed by atoms with Crippen molar-refractivity contribution < 1.29 is 19.1 Å². The number of methoxy groups -OCH3 is 1. The van der Waals surface area contributed by atoms with E-state index in [1.807, 2.05) is 64.4 Å². The Morgan fingerprint density at radius 3 is 2.50 bits per heavy atom. The Morgan fingerprint density at radius 1 is 0.952 bits per heavy atom. The molecule has 1 aromatic heterocycles. The van der Waals surface area contributed by atoms with Crippen molar-refractivity contribution in [3.63, 3.8) is 0 Å². The van der Waals surface area contributed by atoms with Crippen molar-refractivity contribution in [3.05, 3.63) is 84.3 Å². The molecule has 42 heavy (non-hydrogen) atoms. The molecule has 3 aromatic rings. The van der Waals surface area contributed by atoms with Gasteiger partial charge in [-0.3, -0.25) is 14.6 Å². The first-order valence-electron chi connectivity index (χ1n) is 14.9. The molecule has 0 saturated carbocycles. The number of ether oxygens (including phenoxy) is 2. The van der Waals surface area contributed by atoms with Crippen molar-refractivity contribution in [2.75, 3.05) is 57.9 Å². The minimum atomic E-state index is -0.0972. The maximum absolute atomic E-state index is 14.1. The van der Waals surface area contributed by atoms with Crippen molar-refractivity contribution in [1.82, 2.24) is 19.8 Å². The van der Waals surface area contributed by atoms with E-state index in [9.17, 15) is 9.59 Å². The van der Waals surface area contributed by atoms with Gasteiger partial charge in [0.15, 0.2) is 0 Å². The lowest BCUT2D eigenvalue weighted by Gasteiger charge is -2.42. The third-order valence-corrected chi connectivity index (χ3v) is 8.50. The molecule has 2 aliphatic heterocycles. The van der Waals surface area contributed by atoms with E-state index in [0.29, 0.717) is 63.7 Å². The van der Waals surface area contributed by atoms with Crippen LogP contribution in [0.15, 0.2) is 73.2 Å². The molecule has 9 heteroatoms. The zero-order valence-electron chi connectivity index (χ0n) is 24.5. The number of hydrogen-bond acceptors (Lipinski definition) is 7. The SMILES string of the molecule is COCCC(=O)N1CCC2(CCCN(c3cnccn3)CCN(Cc3ccccc3)C(=O)c3ccccc3OC2)CC1. The topological polar surface area (TPSA) is 88.1 Å². The summed E-state index contributed by atoms with van der Waals surface area (Å²) in [6.07, 6.45) is 9.19. The number of carbonyl (C=O) groups excluding carboxylic acids is 2. The van der Waals surface area contributed by atoms with Crippen LogP contribution in [-0.4, -0.2) is 84.6 Å². The summed E-state index contributed by atoms with van der Waals surface area (Å²) >= 11 is 0. The number of likely N-dealkylation sites (tertiary alicyclic amines) is 1. The third kappa shape index (κ3) is 7.45. The molecule has 2 amide bonds. The van der Waals surface area contributed by atoms with E-state index in [-0.39, 0.29) is 17.2 Å². The number of carbonyl (C=O) groups is 2. The molecule has 2 aromatic carbocycles. The fraction of sp³-hybridized carbons (Fsp3) is 0.455. The van der Waals surface area contributed by atoms with Gasteiger partial charge in [-0.1, -0.05) is 42.5 Å². The molecule has 2 aliphatic rings. The molecule has 3 heterocycles. The fourth-order valence-corrected chi connectivity index (χ4v) is 5.95. The van der Waals surface area contributed by atoms with Crippen LogP contribution >= 0.6 is 0 Å². The lowest BCUT2D eigenvalue weighted by molar-refractivity contribution is -0.135. The fourth-order valence-electron chi connectivity index (χ4n) is 5.95. The number of amides is 2. The van der Waals surface area contributed by atoms with Crippen LogP contribution < -0.4 is 9.64 Å². The van der Waals surface area contributed by atoms with Crippen molar-refractivity contribution in [2.45, 2.75) is 38.6 Å².